The summed E-state index contributed by atoms with van der Waals surface area (Å²) >= 11 is 1.66. The molecule has 0 spiro atoms. The van der Waals surface area contributed by atoms with Crippen molar-refractivity contribution in [2.45, 2.75) is 54.6 Å². The number of phenols is 1. The largest absolute Gasteiger partial charge is 0.507 e. The quantitative estimate of drug-likeness (QED) is 0.301. The van der Waals surface area contributed by atoms with Gasteiger partial charge in [-0.3, -0.25) is 33.7 Å². The molecule has 0 heterocycles. The number of phenolic OH excluding ortho intramolecular Hbond substituents is 1. The molecule has 0 saturated heterocycles. The highest BCUT2D eigenvalue weighted by molar-refractivity contribution is 7.99. The third-order valence-electron chi connectivity index (χ3n) is 9.15. The number of rotatable bonds is 7. The van der Waals surface area contributed by atoms with E-state index >= 15 is 0 Å². The standard InChI is InChI=1S/C28H32N2O9S/c1-30(2)21-20-24(39-11-31)17-14(10-40-12-6-3-4-7-12)13-8-5-9-15(32)16(13)22(33)18(17)25(35)28(20,38)26(36)19(23(21)34)27(29)37/h5,8-9,11-12,14,17-21,24,32,38H,3-4,6-7,10H2,1-2H3,(H2,29,37)/t14-,17+,18?,19?,20+,21-,24-,28-/m1/s1. The summed E-state index contributed by atoms with van der Waals surface area (Å²) in [7, 11) is 2.94. The van der Waals surface area contributed by atoms with Crippen molar-refractivity contribution in [2.24, 2.45) is 29.4 Å². The third-order valence-corrected chi connectivity index (χ3v) is 10.6. The number of hydrogen-bond acceptors (Lipinski definition) is 11. The van der Waals surface area contributed by atoms with Gasteiger partial charge in [-0.25, -0.2) is 0 Å². The van der Waals surface area contributed by atoms with Crippen LogP contribution in [0.5, 0.6) is 5.75 Å². The fourth-order valence-electron chi connectivity index (χ4n) is 7.47. The Morgan fingerprint density at radius 2 is 1.85 bits per heavy atom. The van der Waals surface area contributed by atoms with Gasteiger partial charge in [-0.15, -0.1) is 0 Å². The summed E-state index contributed by atoms with van der Waals surface area (Å²) in [5, 5.41) is 23.0. The van der Waals surface area contributed by atoms with Gasteiger partial charge >= 0.3 is 0 Å². The fourth-order valence-corrected chi connectivity index (χ4v) is 9.01. The average molecular weight is 573 g/mol. The van der Waals surface area contributed by atoms with Crippen LogP contribution in [0.3, 0.4) is 0 Å². The van der Waals surface area contributed by atoms with Crippen LogP contribution in [0.1, 0.15) is 47.5 Å². The van der Waals surface area contributed by atoms with Gasteiger partial charge in [-0.1, -0.05) is 25.0 Å². The van der Waals surface area contributed by atoms with Gasteiger partial charge in [0.1, 0.15) is 11.9 Å². The summed E-state index contributed by atoms with van der Waals surface area (Å²) < 4.78 is 5.54. The van der Waals surface area contributed by atoms with Crippen molar-refractivity contribution in [3.05, 3.63) is 29.3 Å². The van der Waals surface area contributed by atoms with Crippen molar-refractivity contribution in [3.8, 4) is 5.75 Å². The first-order chi connectivity index (χ1) is 19.0. The van der Waals surface area contributed by atoms with E-state index in [4.69, 9.17) is 10.5 Å². The Balaban J connectivity index is 1.72. The smallest absolute Gasteiger partial charge is 0.293 e. The first kappa shape index (κ1) is 28.4. The summed E-state index contributed by atoms with van der Waals surface area (Å²) in [6, 6.07) is 3.17. The number of thioether (sulfide) groups is 1. The lowest BCUT2D eigenvalue weighted by molar-refractivity contribution is -0.201. The number of ketones is 4. The zero-order valence-corrected chi connectivity index (χ0v) is 23.0. The van der Waals surface area contributed by atoms with Crippen LogP contribution in [0.2, 0.25) is 0 Å². The number of primary amides is 1. The van der Waals surface area contributed by atoms with E-state index in [1.807, 2.05) is 0 Å². The summed E-state index contributed by atoms with van der Waals surface area (Å²) in [5.41, 5.74) is 2.75. The number of nitrogens with zero attached hydrogens (tertiary/aromatic N) is 1. The Kier molecular flexibility index (Phi) is 7.38. The van der Waals surface area contributed by atoms with E-state index in [1.54, 1.807) is 23.9 Å². The number of benzene rings is 1. The number of aliphatic hydroxyl groups is 1. The zero-order chi connectivity index (χ0) is 29.1. The van der Waals surface area contributed by atoms with Crippen LogP contribution in [-0.2, 0) is 28.7 Å². The van der Waals surface area contributed by atoms with Gasteiger partial charge in [0, 0.05) is 22.8 Å². The second-order valence-corrected chi connectivity index (χ2v) is 12.7. The van der Waals surface area contributed by atoms with E-state index in [9.17, 15) is 39.0 Å². The van der Waals surface area contributed by atoms with Gasteiger partial charge in [0.15, 0.2) is 34.7 Å². The summed E-state index contributed by atoms with van der Waals surface area (Å²) in [6.45, 7) is 0.115. The SMILES string of the molecule is CN(C)[C@H]1C(=O)C(C(N)=O)C(=O)[C@]2(O)C(=O)C3C(=O)c4c(O)cccc4[C@@H](CSC4CCCC4)[C@@H]3[C@@H](OC=O)[C@H]12. The molecule has 1 aromatic carbocycles. The molecule has 1 amide bonds. The first-order valence-corrected chi connectivity index (χ1v) is 14.4. The van der Waals surface area contributed by atoms with Gasteiger partial charge in [0.2, 0.25) is 5.91 Å². The number of fused-ring (bicyclic) bond motifs is 3. The number of ether oxygens (including phenoxy) is 1. The molecule has 3 fully saturated rings. The average Bonchev–Trinajstić information content (AvgIpc) is 3.41. The van der Waals surface area contributed by atoms with Crippen LogP contribution in [0.25, 0.3) is 0 Å². The minimum absolute atomic E-state index is 0.0871. The first-order valence-electron chi connectivity index (χ1n) is 13.3. The van der Waals surface area contributed by atoms with Crippen molar-refractivity contribution >= 4 is 47.3 Å². The topological polar surface area (TPSA) is 181 Å². The number of Topliss-reactive ketones (excluding diaryl/α,β-unsaturated/α-hetero) is 4. The normalized spacial score (nSPS) is 35.8. The van der Waals surface area contributed by atoms with Gasteiger partial charge in [-0.2, -0.15) is 11.8 Å². The molecule has 4 aliphatic rings. The van der Waals surface area contributed by atoms with Crippen LogP contribution in [0.15, 0.2) is 18.2 Å². The van der Waals surface area contributed by atoms with Gasteiger partial charge < -0.3 is 20.7 Å². The van der Waals surface area contributed by atoms with E-state index in [0.29, 0.717) is 16.6 Å². The molecule has 4 aliphatic carbocycles. The summed E-state index contributed by atoms with van der Waals surface area (Å²) in [6.07, 6.45) is 2.77. The number of amides is 1. The Morgan fingerprint density at radius 3 is 2.45 bits per heavy atom. The highest BCUT2D eigenvalue weighted by Crippen LogP contribution is 2.56. The molecular formula is C28H32N2O9S. The minimum Gasteiger partial charge on any atom is -0.507 e. The minimum atomic E-state index is -3.02. The monoisotopic (exact) mass is 572 g/mol. The van der Waals surface area contributed by atoms with Crippen molar-refractivity contribution in [2.75, 3.05) is 19.8 Å². The molecule has 5 rings (SSSR count). The molecule has 11 nitrogen and oxygen atoms in total. The second kappa shape index (κ2) is 10.4. The predicted molar refractivity (Wildman–Crippen MR) is 141 cm³/mol. The Morgan fingerprint density at radius 1 is 1.18 bits per heavy atom. The maximum Gasteiger partial charge on any atom is 0.293 e. The molecule has 0 bridgehead atoms. The van der Waals surface area contributed by atoms with E-state index in [2.05, 4.69) is 0 Å². The molecular weight excluding hydrogens is 540 g/mol. The number of hydrogen-bond donors (Lipinski definition) is 3. The van der Waals surface area contributed by atoms with Crippen LogP contribution >= 0.6 is 11.8 Å². The van der Waals surface area contributed by atoms with Crippen molar-refractivity contribution in [1.29, 1.82) is 0 Å². The molecule has 3 saturated carbocycles. The van der Waals surface area contributed by atoms with Gasteiger partial charge in [-0.05, 0) is 38.6 Å². The molecule has 0 radical (unpaired) electrons. The van der Waals surface area contributed by atoms with Crippen molar-refractivity contribution in [1.82, 2.24) is 4.90 Å². The molecule has 4 N–H and O–H groups in total. The van der Waals surface area contributed by atoms with Crippen molar-refractivity contribution < 1.29 is 43.7 Å². The van der Waals surface area contributed by atoms with Crippen molar-refractivity contribution in [3.63, 3.8) is 0 Å². The van der Waals surface area contributed by atoms with E-state index in [1.165, 1.54) is 25.1 Å². The molecule has 12 heteroatoms. The Labute approximate surface area is 234 Å². The lowest BCUT2D eigenvalue weighted by Crippen LogP contribution is -2.78. The number of carbonyl (C=O) groups excluding carboxylic acids is 6. The van der Waals surface area contributed by atoms with Gasteiger partial charge in [0.25, 0.3) is 6.47 Å². The van der Waals surface area contributed by atoms with Crippen LogP contribution in [0, 0.1) is 23.7 Å². The molecule has 214 valence electrons. The summed E-state index contributed by atoms with van der Waals surface area (Å²) in [4.78, 5) is 80.8. The van der Waals surface area contributed by atoms with E-state index in [0.717, 1.165) is 25.7 Å². The maximum absolute atomic E-state index is 14.3. The molecule has 8 atom stereocenters. The lowest BCUT2D eigenvalue weighted by Gasteiger charge is -2.56. The third kappa shape index (κ3) is 4.02. The summed E-state index contributed by atoms with van der Waals surface area (Å²) in [5.74, 6) is -12.6. The molecule has 0 aliphatic heterocycles. The maximum atomic E-state index is 14.3. The number of carbonyl (C=O) groups is 6. The second-order valence-electron chi connectivity index (χ2n) is 11.4. The van der Waals surface area contributed by atoms with Crippen LogP contribution in [-0.4, -0.2) is 93.5 Å². The highest BCUT2D eigenvalue weighted by Gasteiger charge is 2.74. The Hall–Kier alpha value is -3.09. The fraction of sp³-hybridized carbons (Fsp3) is 0.571. The van der Waals surface area contributed by atoms with E-state index < -0.39 is 76.4 Å². The van der Waals surface area contributed by atoms with E-state index in [-0.39, 0.29) is 17.8 Å². The number of likely N-dealkylation sites (N-methyl/N-ethyl adjacent to an activating group) is 1. The molecule has 1 aromatic rings. The molecule has 40 heavy (non-hydrogen) atoms. The molecule has 0 aromatic heterocycles. The van der Waals surface area contributed by atoms with Gasteiger partial charge in [0.05, 0.1) is 23.4 Å². The number of aromatic hydroxyl groups is 1. The number of nitrogens with two attached hydrogens (primary N) is 1. The lowest BCUT2D eigenvalue weighted by atomic mass is 9.49. The molecule has 2 unspecified atom stereocenters. The van der Waals surface area contributed by atoms with Crippen LogP contribution in [0.4, 0.5) is 0 Å². The highest BCUT2D eigenvalue weighted by atomic mass is 32.2. The predicted octanol–water partition coefficient (Wildman–Crippen LogP) is 0.235. The van der Waals surface area contributed by atoms with Crippen LogP contribution < -0.4 is 5.73 Å². The zero-order valence-electron chi connectivity index (χ0n) is 22.1. The Bertz CT molecular complexity index is 1290.